The van der Waals surface area contributed by atoms with Crippen LogP contribution < -0.4 is 0 Å². The molecular formula is C29H30N2O3S. The third-order valence-corrected chi connectivity index (χ3v) is 8.35. The summed E-state index contributed by atoms with van der Waals surface area (Å²) in [7, 11) is 0. The molecule has 35 heavy (non-hydrogen) atoms. The van der Waals surface area contributed by atoms with Gasteiger partial charge in [0, 0.05) is 11.6 Å². The molecule has 5 rings (SSSR count). The van der Waals surface area contributed by atoms with Crippen LogP contribution in [0.1, 0.15) is 78.0 Å². The number of aliphatic hydroxyl groups excluding tert-OH is 1. The number of rotatable bonds is 6. The number of aryl methyl sites for hydroxylation is 1. The Hall–Kier alpha value is -3.25. The van der Waals surface area contributed by atoms with Crippen LogP contribution in [0.2, 0.25) is 0 Å². The summed E-state index contributed by atoms with van der Waals surface area (Å²) in [6.45, 7) is 6.08. The summed E-state index contributed by atoms with van der Waals surface area (Å²) in [5.41, 5.74) is 3.77. The second kappa shape index (κ2) is 9.42. The van der Waals surface area contributed by atoms with Gasteiger partial charge in [-0.15, -0.1) is 11.3 Å². The molecule has 2 aromatic carbocycles. The van der Waals surface area contributed by atoms with Gasteiger partial charge in [0.1, 0.15) is 5.01 Å². The summed E-state index contributed by atoms with van der Waals surface area (Å²) in [5.74, 6) is -0.800. The van der Waals surface area contributed by atoms with Crippen molar-refractivity contribution in [2.75, 3.05) is 0 Å². The molecule has 1 aliphatic carbocycles. The van der Waals surface area contributed by atoms with Gasteiger partial charge in [-0.2, -0.15) is 0 Å². The van der Waals surface area contributed by atoms with Crippen LogP contribution in [0.25, 0.3) is 10.6 Å². The predicted molar refractivity (Wildman–Crippen MR) is 139 cm³/mol. The maximum atomic E-state index is 14.0. The van der Waals surface area contributed by atoms with Gasteiger partial charge in [-0.05, 0) is 36.8 Å². The molecule has 3 aromatic rings. The van der Waals surface area contributed by atoms with Gasteiger partial charge in [0.2, 0.25) is 5.78 Å². The van der Waals surface area contributed by atoms with E-state index in [0.717, 1.165) is 41.8 Å². The summed E-state index contributed by atoms with van der Waals surface area (Å²) in [5, 5.41) is 11.8. The number of ketones is 1. The van der Waals surface area contributed by atoms with Crippen molar-refractivity contribution in [2.24, 2.45) is 0 Å². The highest BCUT2D eigenvalue weighted by Gasteiger charge is 2.47. The van der Waals surface area contributed by atoms with Crippen LogP contribution in [-0.4, -0.2) is 32.7 Å². The average molecular weight is 487 g/mol. The molecule has 0 spiro atoms. The fraction of sp³-hybridized carbons (Fsp3) is 0.345. The van der Waals surface area contributed by atoms with E-state index < -0.39 is 17.7 Å². The second-order valence-corrected chi connectivity index (χ2v) is 10.8. The number of amides is 1. The lowest BCUT2D eigenvalue weighted by atomic mass is 9.92. The number of aromatic nitrogens is 1. The summed E-state index contributed by atoms with van der Waals surface area (Å²) in [6.07, 6.45) is 3.87. The number of nitrogens with zero attached hydrogens (tertiary/aromatic N) is 2. The van der Waals surface area contributed by atoms with Crippen LogP contribution in [0.3, 0.4) is 0 Å². The number of carbonyl (C=O) groups is 2. The molecule has 1 fully saturated rings. The Kier molecular flexibility index (Phi) is 6.32. The lowest BCUT2D eigenvalue weighted by Gasteiger charge is -2.32. The van der Waals surface area contributed by atoms with Gasteiger partial charge in [0.15, 0.2) is 5.76 Å². The zero-order valence-electron chi connectivity index (χ0n) is 20.3. The number of hydrogen-bond donors (Lipinski definition) is 1. The Morgan fingerprint density at radius 1 is 1.06 bits per heavy atom. The predicted octanol–water partition coefficient (Wildman–Crippen LogP) is 6.76. The lowest BCUT2D eigenvalue weighted by Crippen LogP contribution is -2.38. The first-order chi connectivity index (χ1) is 16.9. The first-order valence-electron chi connectivity index (χ1n) is 12.3. The Balaban J connectivity index is 1.58. The second-order valence-electron chi connectivity index (χ2n) is 9.77. The molecular weight excluding hydrogens is 456 g/mol. The molecule has 1 saturated carbocycles. The van der Waals surface area contributed by atoms with Gasteiger partial charge < -0.3 is 10.0 Å². The first-order valence-corrected chi connectivity index (χ1v) is 13.1. The summed E-state index contributed by atoms with van der Waals surface area (Å²) >= 11 is 1.31. The van der Waals surface area contributed by atoms with Crippen molar-refractivity contribution >= 4 is 23.0 Å². The van der Waals surface area contributed by atoms with Crippen molar-refractivity contribution in [1.82, 2.24) is 9.88 Å². The third-order valence-electron chi connectivity index (χ3n) is 7.15. The topological polar surface area (TPSA) is 70.5 Å². The van der Waals surface area contributed by atoms with Crippen molar-refractivity contribution in [1.29, 1.82) is 0 Å². The molecule has 1 N–H and O–H groups in total. The van der Waals surface area contributed by atoms with Gasteiger partial charge >= 0.3 is 0 Å². The van der Waals surface area contributed by atoms with Crippen molar-refractivity contribution in [3.8, 4) is 10.6 Å². The monoisotopic (exact) mass is 486 g/mol. The summed E-state index contributed by atoms with van der Waals surface area (Å²) < 4.78 is 0. The van der Waals surface area contributed by atoms with Crippen LogP contribution in [-0.2, 0) is 4.79 Å². The van der Waals surface area contributed by atoms with E-state index in [1.165, 1.54) is 16.9 Å². The van der Waals surface area contributed by atoms with Crippen LogP contribution in [0.4, 0.5) is 0 Å². The number of benzene rings is 2. The number of aliphatic hydroxyl groups is 1. The summed E-state index contributed by atoms with van der Waals surface area (Å²) in [4.78, 5) is 34.2. The number of carbonyl (C=O) groups excluding carboxylic acids is 2. The van der Waals surface area contributed by atoms with Crippen molar-refractivity contribution in [3.63, 3.8) is 0 Å². The zero-order valence-corrected chi connectivity index (χ0v) is 21.1. The van der Waals surface area contributed by atoms with Crippen LogP contribution in [0, 0.1) is 6.92 Å². The van der Waals surface area contributed by atoms with E-state index in [1.807, 2.05) is 49.4 Å². The lowest BCUT2D eigenvalue weighted by molar-refractivity contribution is -0.131. The van der Waals surface area contributed by atoms with Crippen LogP contribution in [0.15, 0.2) is 65.9 Å². The maximum Gasteiger partial charge on any atom is 0.290 e. The van der Waals surface area contributed by atoms with Gasteiger partial charge in [-0.3, -0.25) is 9.59 Å². The minimum absolute atomic E-state index is 0.0205. The smallest absolute Gasteiger partial charge is 0.290 e. The minimum atomic E-state index is -0.596. The maximum absolute atomic E-state index is 14.0. The standard InChI is InChI=1S/C29H30N2O3S/c1-17(2)19-13-15-20(16-14-19)24-23(26(33)29(34)31(24)22-11-7-8-12-22)25(32)27-18(3)30-28(35-27)21-9-5-4-6-10-21/h4-6,9-10,13-17,22,24,33H,7-8,11-12H2,1-3H3. The van der Waals surface area contributed by atoms with Gasteiger partial charge in [0.05, 0.1) is 22.2 Å². The molecule has 0 bridgehead atoms. The molecule has 1 unspecified atom stereocenters. The molecule has 5 nitrogen and oxygen atoms in total. The van der Waals surface area contributed by atoms with E-state index in [0.29, 0.717) is 16.5 Å². The molecule has 1 amide bonds. The highest BCUT2D eigenvalue weighted by Crippen LogP contribution is 2.44. The quantitative estimate of drug-likeness (QED) is 0.391. The zero-order chi connectivity index (χ0) is 24.7. The molecule has 2 heterocycles. The van der Waals surface area contributed by atoms with E-state index in [2.05, 4.69) is 31.0 Å². The largest absolute Gasteiger partial charge is 0.503 e. The summed E-state index contributed by atoms with van der Waals surface area (Å²) in [6, 6.07) is 17.3. The molecule has 2 aliphatic rings. The normalized spacial score (nSPS) is 18.8. The van der Waals surface area contributed by atoms with Crippen molar-refractivity contribution in [3.05, 3.63) is 87.6 Å². The van der Waals surface area contributed by atoms with Crippen LogP contribution in [0.5, 0.6) is 0 Å². The molecule has 6 heteroatoms. The molecule has 180 valence electrons. The molecule has 1 aliphatic heterocycles. The Labute approximate surface area is 210 Å². The fourth-order valence-electron chi connectivity index (χ4n) is 5.24. The Morgan fingerprint density at radius 3 is 2.34 bits per heavy atom. The third kappa shape index (κ3) is 4.20. The van der Waals surface area contributed by atoms with Gasteiger partial charge in [-0.25, -0.2) is 4.98 Å². The number of Topliss-reactive ketones (excluding diaryl/α,β-unsaturated/α-hetero) is 1. The van der Waals surface area contributed by atoms with Gasteiger partial charge in [-0.1, -0.05) is 81.3 Å². The fourth-order valence-corrected chi connectivity index (χ4v) is 6.26. The molecule has 1 atom stereocenters. The van der Waals surface area contributed by atoms with E-state index in [-0.39, 0.29) is 17.4 Å². The number of thiazole rings is 1. The van der Waals surface area contributed by atoms with Crippen LogP contribution >= 0.6 is 11.3 Å². The Bertz CT molecular complexity index is 1290. The minimum Gasteiger partial charge on any atom is -0.503 e. The van der Waals surface area contributed by atoms with Crippen molar-refractivity contribution < 1.29 is 14.7 Å². The molecule has 0 saturated heterocycles. The average Bonchev–Trinajstić information content (AvgIpc) is 3.58. The number of hydrogen-bond acceptors (Lipinski definition) is 5. The highest BCUT2D eigenvalue weighted by atomic mass is 32.1. The van der Waals surface area contributed by atoms with E-state index >= 15 is 0 Å². The van der Waals surface area contributed by atoms with E-state index in [4.69, 9.17) is 0 Å². The molecule has 1 aromatic heterocycles. The molecule has 0 radical (unpaired) electrons. The SMILES string of the molecule is Cc1nc(-c2ccccc2)sc1C(=O)C1=C(O)C(=O)N(C2CCCC2)C1c1ccc(C(C)C)cc1. The first kappa shape index (κ1) is 23.5. The Morgan fingerprint density at radius 2 is 1.71 bits per heavy atom. The van der Waals surface area contributed by atoms with Crippen molar-refractivity contribution in [2.45, 2.75) is 64.5 Å². The van der Waals surface area contributed by atoms with Gasteiger partial charge in [0.25, 0.3) is 5.91 Å². The van der Waals surface area contributed by atoms with E-state index in [9.17, 15) is 14.7 Å². The van der Waals surface area contributed by atoms with E-state index in [1.54, 1.807) is 4.90 Å². The highest BCUT2D eigenvalue weighted by molar-refractivity contribution is 7.17.